The maximum atomic E-state index is 4.59. The van der Waals surface area contributed by atoms with E-state index in [1.165, 1.54) is 6.42 Å². The van der Waals surface area contributed by atoms with Crippen LogP contribution >= 0.6 is 27.7 Å². The molecule has 3 heterocycles. The van der Waals surface area contributed by atoms with Gasteiger partial charge < -0.3 is 9.80 Å². The quantitative estimate of drug-likeness (QED) is 0.515. The van der Waals surface area contributed by atoms with Crippen LogP contribution in [0.25, 0.3) is 11.2 Å². The summed E-state index contributed by atoms with van der Waals surface area (Å²) < 4.78 is 0. The smallest absolute Gasteiger partial charge is 0.180 e. The van der Waals surface area contributed by atoms with E-state index in [2.05, 4.69) is 87.3 Å². The van der Waals surface area contributed by atoms with Crippen molar-refractivity contribution in [3.8, 4) is 0 Å². The zero-order valence-corrected chi connectivity index (χ0v) is 20.9. The molecule has 1 aliphatic rings. The summed E-state index contributed by atoms with van der Waals surface area (Å²) in [5.74, 6) is 0.549. The SMILES string of the molecule is BC(C)(P)CCN(C)C1CC(C(C)(P)P)CN(c2ccnc3nccnc23)C1. The van der Waals surface area contributed by atoms with E-state index in [0.29, 0.717) is 12.0 Å². The zero-order chi connectivity index (χ0) is 20.5. The third-order valence-corrected chi connectivity index (χ3v) is 6.96. The lowest BCUT2D eigenvalue weighted by atomic mass is 9.84. The molecule has 0 aromatic carbocycles. The largest absolute Gasteiger partial charge is 0.368 e. The van der Waals surface area contributed by atoms with Crippen LogP contribution in [0.5, 0.6) is 0 Å². The molecule has 0 bridgehead atoms. The molecule has 3 rings (SSSR count). The average molecular weight is 435 g/mol. The van der Waals surface area contributed by atoms with Crippen LogP contribution in [0.3, 0.4) is 0 Å². The topological polar surface area (TPSA) is 45.2 Å². The Kier molecular flexibility index (Phi) is 6.98. The van der Waals surface area contributed by atoms with Crippen LogP contribution in [0.15, 0.2) is 24.7 Å². The number of fused-ring (bicyclic) bond motifs is 1. The van der Waals surface area contributed by atoms with E-state index in [0.717, 1.165) is 42.9 Å². The summed E-state index contributed by atoms with van der Waals surface area (Å²) in [7, 11) is 13.6. The highest BCUT2D eigenvalue weighted by Gasteiger charge is 2.36. The van der Waals surface area contributed by atoms with Crippen LogP contribution in [0, 0.1) is 5.92 Å². The summed E-state index contributed by atoms with van der Waals surface area (Å²) >= 11 is 0. The van der Waals surface area contributed by atoms with Crippen molar-refractivity contribution in [2.75, 3.05) is 31.6 Å². The van der Waals surface area contributed by atoms with Gasteiger partial charge in [-0.3, -0.25) is 0 Å². The van der Waals surface area contributed by atoms with E-state index in [1.54, 1.807) is 12.4 Å². The molecule has 6 atom stereocenters. The van der Waals surface area contributed by atoms with Crippen LogP contribution in [-0.2, 0) is 0 Å². The number of nitrogens with zero attached hydrogens (tertiary/aromatic N) is 5. The highest BCUT2D eigenvalue weighted by atomic mass is 31.1. The summed E-state index contributed by atoms with van der Waals surface area (Å²) in [6.45, 7) is 7.70. The second kappa shape index (κ2) is 8.77. The molecule has 1 fully saturated rings. The molecule has 1 saturated heterocycles. The summed E-state index contributed by atoms with van der Waals surface area (Å²) in [6, 6.07) is 2.59. The van der Waals surface area contributed by atoms with Gasteiger partial charge in [-0.25, -0.2) is 15.0 Å². The van der Waals surface area contributed by atoms with Gasteiger partial charge in [-0.1, -0.05) is 13.8 Å². The van der Waals surface area contributed by atoms with E-state index in [9.17, 15) is 0 Å². The van der Waals surface area contributed by atoms with Gasteiger partial charge in [0.1, 0.15) is 13.4 Å². The Balaban J connectivity index is 1.88. The Morgan fingerprint density at radius 1 is 1.14 bits per heavy atom. The Morgan fingerprint density at radius 3 is 2.50 bits per heavy atom. The van der Waals surface area contributed by atoms with Gasteiger partial charge in [-0.15, -0.1) is 27.7 Å². The third kappa shape index (κ3) is 5.60. The minimum absolute atomic E-state index is 0.103. The van der Waals surface area contributed by atoms with Crippen LogP contribution in [-0.4, -0.2) is 70.4 Å². The molecular weight excluding hydrogens is 402 g/mol. The molecule has 6 unspecified atom stereocenters. The first-order valence-electron chi connectivity index (χ1n) is 9.92. The first-order chi connectivity index (χ1) is 13.0. The number of aromatic nitrogens is 3. The van der Waals surface area contributed by atoms with Gasteiger partial charge in [0.15, 0.2) is 5.65 Å². The molecule has 0 radical (unpaired) electrons. The first kappa shape index (κ1) is 22.3. The molecule has 9 heteroatoms. The summed E-state index contributed by atoms with van der Waals surface area (Å²) in [4.78, 5) is 18.5. The standard InChI is InChI=1S/C19H33BN5P3/c1-18(20,26)5-9-24(3)14-10-13(19(2,27)28)11-25(12-14)15-4-6-22-17-16(15)21-7-8-23-17/h4,6-8,13-14H,5,9-12,20,26-28H2,1-3H3. The molecule has 0 N–H and O–H groups in total. The lowest BCUT2D eigenvalue weighted by Gasteiger charge is -2.47. The molecule has 0 aliphatic carbocycles. The molecule has 0 spiro atoms. The highest BCUT2D eigenvalue weighted by molar-refractivity contribution is 7.39. The van der Waals surface area contributed by atoms with Gasteiger partial charge in [-0.05, 0) is 43.5 Å². The minimum Gasteiger partial charge on any atom is -0.368 e. The molecule has 5 nitrogen and oxygen atoms in total. The van der Waals surface area contributed by atoms with Crippen LogP contribution in [0.2, 0.25) is 0 Å². The fraction of sp³-hybridized carbons (Fsp3) is 0.632. The monoisotopic (exact) mass is 435 g/mol. The fourth-order valence-corrected chi connectivity index (χ4v) is 4.42. The van der Waals surface area contributed by atoms with Crippen molar-refractivity contribution >= 4 is 52.4 Å². The van der Waals surface area contributed by atoms with Crippen molar-refractivity contribution in [3.63, 3.8) is 0 Å². The first-order valence-corrected chi connectivity index (χ1v) is 11.7. The maximum Gasteiger partial charge on any atom is 0.180 e. The number of rotatable bonds is 6. The highest BCUT2D eigenvalue weighted by Crippen LogP contribution is 2.41. The van der Waals surface area contributed by atoms with Crippen molar-refractivity contribution in [2.24, 2.45) is 5.92 Å². The molecule has 152 valence electrons. The van der Waals surface area contributed by atoms with Crippen LogP contribution in [0.4, 0.5) is 5.69 Å². The lowest BCUT2D eigenvalue weighted by Crippen LogP contribution is -2.53. The summed E-state index contributed by atoms with van der Waals surface area (Å²) in [6.07, 6.45) is 7.68. The van der Waals surface area contributed by atoms with Gasteiger partial charge in [0.25, 0.3) is 0 Å². The molecular formula is C19H33BN5P3. The number of hydrogen-bond donors (Lipinski definition) is 0. The van der Waals surface area contributed by atoms with E-state index in [-0.39, 0.29) is 9.95 Å². The number of piperidine rings is 1. The van der Waals surface area contributed by atoms with Crippen molar-refractivity contribution < 1.29 is 0 Å². The average Bonchev–Trinajstić information content (AvgIpc) is 2.64. The Hall–Kier alpha value is -0.395. The van der Waals surface area contributed by atoms with Gasteiger partial charge >= 0.3 is 0 Å². The second-order valence-corrected chi connectivity index (χ2v) is 13.9. The maximum absolute atomic E-state index is 4.59. The Morgan fingerprint density at radius 2 is 1.82 bits per heavy atom. The summed E-state index contributed by atoms with van der Waals surface area (Å²) in [5.41, 5.74) is 2.76. The second-order valence-electron chi connectivity index (χ2n) is 9.14. The lowest BCUT2D eigenvalue weighted by molar-refractivity contribution is 0.179. The molecule has 28 heavy (non-hydrogen) atoms. The Bertz CT molecular complexity index is 803. The third-order valence-electron chi connectivity index (χ3n) is 5.73. The zero-order valence-electron chi connectivity index (χ0n) is 17.5. The van der Waals surface area contributed by atoms with Gasteiger partial charge in [0, 0.05) is 42.6 Å². The minimum atomic E-state index is 0.103. The number of anilines is 1. The summed E-state index contributed by atoms with van der Waals surface area (Å²) in [5, 5.41) is 0.272. The normalized spacial score (nSPS) is 23.2. The number of likely N-dealkylation sites (N-methyl/N-ethyl adjacent to an activating group) is 1. The van der Waals surface area contributed by atoms with E-state index in [4.69, 9.17) is 0 Å². The molecule has 2 aromatic heterocycles. The predicted molar refractivity (Wildman–Crippen MR) is 133 cm³/mol. The van der Waals surface area contributed by atoms with Crippen molar-refractivity contribution in [2.45, 2.75) is 42.7 Å². The molecule has 1 aliphatic heterocycles. The predicted octanol–water partition coefficient (Wildman–Crippen LogP) is 2.23. The van der Waals surface area contributed by atoms with E-state index in [1.807, 2.05) is 6.20 Å². The van der Waals surface area contributed by atoms with E-state index >= 15 is 0 Å². The number of pyridine rings is 1. The van der Waals surface area contributed by atoms with Crippen LogP contribution < -0.4 is 4.90 Å². The van der Waals surface area contributed by atoms with Gasteiger partial charge in [0.05, 0.1) is 5.69 Å². The van der Waals surface area contributed by atoms with E-state index < -0.39 is 0 Å². The molecule has 0 amide bonds. The van der Waals surface area contributed by atoms with Crippen molar-refractivity contribution in [1.82, 2.24) is 19.9 Å². The van der Waals surface area contributed by atoms with Crippen molar-refractivity contribution in [1.29, 1.82) is 0 Å². The fourth-order valence-electron chi connectivity index (χ4n) is 3.80. The van der Waals surface area contributed by atoms with Gasteiger partial charge in [-0.2, -0.15) is 0 Å². The Labute approximate surface area is 177 Å². The molecule has 2 aromatic rings. The number of hydrogen-bond acceptors (Lipinski definition) is 5. The van der Waals surface area contributed by atoms with Crippen molar-refractivity contribution in [3.05, 3.63) is 24.7 Å². The van der Waals surface area contributed by atoms with Crippen LogP contribution in [0.1, 0.15) is 26.7 Å². The van der Waals surface area contributed by atoms with Gasteiger partial charge in [0.2, 0.25) is 0 Å². The molecule has 0 saturated carbocycles.